The van der Waals surface area contributed by atoms with E-state index in [0.29, 0.717) is 29.4 Å². The van der Waals surface area contributed by atoms with Crippen molar-refractivity contribution >= 4 is 31.5 Å². The SMILES string of the molecule is C=C1CC(B(O)O)=Cc2ccc3c(c21)C(=C)C=C(B(O)O)C3. The van der Waals surface area contributed by atoms with E-state index >= 15 is 0 Å². The van der Waals surface area contributed by atoms with E-state index < -0.39 is 14.2 Å². The van der Waals surface area contributed by atoms with Crippen LogP contribution in [0, 0.1) is 0 Å². The maximum atomic E-state index is 9.37. The highest BCUT2D eigenvalue weighted by molar-refractivity contribution is 6.52. The van der Waals surface area contributed by atoms with Crippen LogP contribution in [0.1, 0.15) is 28.7 Å². The second-order valence-electron chi connectivity index (χ2n) is 5.73. The molecule has 1 aromatic rings. The largest absolute Gasteiger partial charge is 0.484 e. The van der Waals surface area contributed by atoms with Crippen LogP contribution in [0.5, 0.6) is 0 Å². The molecule has 4 nitrogen and oxygen atoms in total. The Bertz CT molecular complexity index is 745. The average Bonchev–Trinajstić information content (AvgIpc) is 2.46. The van der Waals surface area contributed by atoms with Gasteiger partial charge in [0.15, 0.2) is 0 Å². The van der Waals surface area contributed by atoms with Gasteiger partial charge < -0.3 is 20.1 Å². The summed E-state index contributed by atoms with van der Waals surface area (Å²) in [6.45, 7) is 8.09. The van der Waals surface area contributed by atoms with Gasteiger partial charge in [-0.25, -0.2) is 0 Å². The summed E-state index contributed by atoms with van der Waals surface area (Å²) in [7, 11) is -2.97. The fourth-order valence-electron chi connectivity index (χ4n) is 3.16. The number of hydrogen-bond donors (Lipinski definition) is 4. The fraction of sp³-hybridized carbons (Fsp3) is 0.125. The molecule has 0 spiro atoms. The van der Waals surface area contributed by atoms with E-state index in [0.717, 1.165) is 27.8 Å². The monoisotopic (exact) mass is 294 g/mol. The maximum absolute atomic E-state index is 9.37. The Labute approximate surface area is 129 Å². The molecule has 4 N–H and O–H groups in total. The highest BCUT2D eigenvalue weighted by atomic mass is 16.4. The first-order valence-electron chi connectivity index (χ1n) is 7.05. The minimum atomic E-state index is -1.49. The van der Waals surface area contributed by atoms with Crippen molar-refractivity contribution < 1.29 is 20.1 Å². The summed E-state index contributed by atoms with van der Waals surface area (Å²) >= 11 is 0. The zero-order chi connectivity index (χ0) is 16.0. The highest BCUT2D eigenvalue weighted by Crippen LogP contribution is 2.41. The summed E-state index contributed by atoms with van der Waals surface area (Å²) in [5, 5.41) is 37.5. The van der Waals surface area contributed by atoms with Crippen LogP contribution < -0.4 is 0 Å². The smallest absolute Gasteiger partial charge is 0.423 e. The Morgan fingerprint density at radius 2 is 1.45 bits per heavy atom. The van der Waals surface area contributed by atoms with Crippen molar-refractivity contribution in [3.05, 3.63) is 64.6 Å². The first-order valence-corrected chi connectivity index (χ1v) is 7.05. The molecule has 1 aromatic carbocycles. The lowest BCUT2D eigenvalue weighted by Gasteiger charge is -2.27. The van der Waals surface area contributed by atoms with E-state index in [1.54, 1.807) is 12.2 Å². The van der Waals surface area contributed by atoms with Gasteiger partial charge >= 0.3 is 14.2 Å². The normalized spacial score (nSPS) is 16.5. The lowest BCUT2D eigenvalue weighted by molar-refractivity contribution is 0.416. The Balaban J connectivity index is 2.15. The minimum absolute atomic E-state index is 0.396. The number of hydrogen-bond acceptors (Lipinski definition) is 4. The molecule has 22 heavy (non-hydrogen) atoms. The predicted molar refractivity (Wildman–Crippen MR) is 89.3 cm³/mol. The zero-order valence-electron chi connectivity index (χ0n) is 12.1. The van der Waals surface area contributed by atoms with E-state index in [2.05, 4.69) is 13.2 Å². The molecular formula is C16H16B2O4. The van der Waals surface area contributed by atoms with Crippen molar-refractivity contribution in [2.24, 2.45) is 0 Å². The van der Waals surface area contributed by atoms with E-state index in [1.807, 2.05) is 12.1 Å². The first kappa shape index (κ1) is 15.1. The molecule has 0 atom stereocenters. The highest BCUT2D eigenvalue weighted by Gasteiger charge is 2.28. The van der Waals surface area contributed by atoms with Crippen LogP contribution >= 0.6 is 0 Å². The van der Waals surface area contributed by atoms with Crippen LogP contribution in [0.4, 0.5) is 0 Å². The molecule has 6 heteroatoms. The van der Waals surface area contributed by atoms with Gasteiger partial charge in [-0.1, -0.05) is 37.4 Å². The van der Waals surface area contributed by atoms with Crippen LogP contribution in [0.25, 0.3) is 17.2 Å². The second kappa shape index (κ2) is 5.41. The molecular weight excluding hydrogens is 278 g/mol. The average molecular weight is 294 g/mol. The lowest BCUT2D eigenvalue weighted by atomic mass is 9.66. The topological polar surface area (TPSA) is 80.9 Å². The molecule has 2 aliphatic carbocycles. The van der Waals surface area contributed by atoms with Gasteiger partial charge in [0, 0.05) is 0 Å². The number of fused-ring (bicyclic) bond motifs is 3. The van der Waals surface area contributed by atoms with Gasteiger partial charge in [-0.15, -0.1) is 0 Å². The first-order chi connectivity index (χ1) is 10.4. The van der Waals surface area contributed by atoms with Crippen molar-refractivity contribution in [1.82, 2.24) is 0 Å². The summed E-state index contributed by atoms with van der Waals surface area (Å²) in [6.07, 6.45) is 4.31. The van der Waals surface area contributed by atoms with Gasteiger partial charge in [0.05, 0.1) is 0 Å². The summed E-state index contributed by atoms with van der Waals surface area (Å²) in [5.74, 6) is 0. The third-order valence-electron chi connectivity index (χ3n) is 4.17. The van der Waals surface area contributed by atoms with Crippen molar-refractivity contribution in [3.63, 3.8) is 0 Å². The van der Waals surface area contributed by atoms with E-state index in [4.69, 9.17) is 0 Å². The van der Waals surface area contributed by atoms with Crippen LogP contribution in [0.2, 0.25) is 0 Å². The molecule has 0 bridgehead atoms. The van der Waals surface area contributed by atoms with Crippen LogP contribution in [-0.2, 0) is 6.42 Å². The standard InChI is InChI=1S/C16H16B2O4/c1-9-5-13(17(19)20)7-11-3-4-12-8-14(18(21)22)6-10(2)16(12)15(9)11/h3-5,8,19-22H,1-2,6-7H2. The Kier molecular flexibility index (Phi) is 3.70. The van der Waals surface area contributed by atoms with Crippen molar-refractivity contribution in [2.45, 2.75) is 12.8 Å². The number of benzene rings is 1. The van der Waals surface area contributed by atoms with Crippen molar-refractivity contribution in [2.75, 3.05) is 0 Å². The third kappa shape index (κ3) is 2.40. The van der Waals surface area contributed by atoms with Gasteiger partial charge in [-0.2, -0.15) is 0 Å². The summed E-state index contributed by atoms with van der Waals surface area (Å²) in [5.41, 5.74) is 6.30. The van der Waals surface area contributed by atoms with Gasteiger partial charge in [-0.3, -0.25) is 0 Å². The molecule has 0 radical (unpaired) electrons. The maximum Gasteiger partial charge on any atom is 0.484 e. The van der Waals surface area contributed by atoms with E-state index in [9.17, 15) is 20.1 Å². The number of allylic oxidation sites excluding steroid dienone is 5. The molecule has 0 fully saturated rings. The molecule has 3 rings (SSSR count). The van der Waals surface area contributed by atoms with Crippen LogP contribution in [0.3, 0.4) is 0 Å². The zero-order valence-corrected chi connectivity index (χ0v) is 12.1. The molecule has 0 unspecified atom stereocenters. The Morgan fingerprint density at radius 1 is 0.818 bits per heavy atom. The summed E-state index contributed by atoms with van der Waals surface area (Å²) < 4.78 is 0. The fourth-order valence-corrected chi connectivity index (χ4v) is 3.16. The Morgan fingerprint density at radius 3 is 2.09 bits per heavy atom. The second-order valence-corrected chi connectivity index (χ2v) is 5.73. The van der Waals surface area contributed by atoms with Crippen molar-refractivity contribution in [3.8, 4) is 0 Å². The predicted octanol–water partition coefficient (Wildman–Crippen LogP) is 1.01. The molecule has 0 heterocycles. The minimum Gasteiger partial charge on any atom is -0.423 e. The van der Waals surface area contributed by atoms with Crippen molar-refractivity contribution in [1.29, 1.82) is 0 Å². The van der Waals surface area contributed by atoms with Gasteiger partial charge in [-0.05, 0) is 57.2 Å². The molecule has 0 amide bonds. The molecule has 0 aromatic heterocycles. The van der Waals surface area contributed by atoms with Gasteiger partial charge in [0.25, 0.3) is 0 Å². The summed E-state index contributed by atoms with van der Waals surface area (Å²) in [6, 6.07) is 3.80. The van der Waals surface area contributed by atoms with Gasteiger partial charge in [0.2, 0.25) is 0 Å². The number of rotatable bonds is 2. The van der Waals surface area contributed by atoms with Crippen LogP contribution in [-0.4, -0.2) is 34.3 Å². The van der Waals surface area contributed by atoms with E-state index in [1.165, 1.54) is 0 Å². The van der Waals surface area contributed by atoms with Crippen LogP contribution in [0.15, 0.2) is 42.3 Å². The van der Waals surface area contributed by atoms with Gasteiger partial charge in [0.1, 0.15) is 0 Å². The summed E-state index contributed by atoms with van der Waals surface area (Å²) in [4.78, 5) is 0. The quantitative estimate of drug-likeness (QED) is 0.614. The van der Waals surface area contributed by atoms with E-state index in [-0.39, 0.29) is 0 Å². The molecule has 0 saturated heterocycles. The molecule has 0 saturated carbocycles. The molecule has 0 aliphatic heterocycles. The third-order valence-corrected chi connectivity index (χ3v) is 4.17. The molecule has 110 valence electrons. The molecule has 2 aliphatic rings. The Hall–Kier alpha value is -1.85. The lowest BCUT2D eigenvalue weighted by Crippen LogP contribution is -2.22.